The second-order valence-corrected chi connectivity index (χ2v) is 9.77. The van der Waals surface area contributed by atoms with Crippen LogP contribution in [0.4, 0.5) is 19.0 Å². The third kappa shape index (κ3) is 5.49. The van der Waals surface area contributed by atoms with Crippen molar-refractivity contribution in [2.45, 2.75) is 38.8 Å². The highest BCUT2D eigenvalue weighted by Gasteiger charge is 2.32. The number of anilines is 1. The first kappa shape index (κ1) is 24.8. The zero-order chi connectivity index (χ0) is 25.4. The molecule has 3 heterocycles. The van der Waals surface area contributed by atoms with Gasteiger partial charge in [0.15, 0.2) is 0 Å². The SMILES string of the molecule is CC(C)(C)c1cc2c(c(N3CCN(C(=O)C=Cc4cccc(C(F)(F)F)c4)CC3)n1)C(=O)OCC2. The number of ether oxygens (including phenoxy) is 1. The number of fused-ring (bicyclic) bond motifs is 1. The molecular weight excluding hydrogens is 459 g/mol. The topological polar surface area (TPSA) is 62.7 Å². The molecule has 9 heteroatoms. The van der Waals surface area contributed by atoms with Crippen molar-refractivity contribution in [3.63, 3.8) is 0 Å². The molecule has 0 N–H and O–H groups in total. The average Bonchev–Trinajstić information content (AvgIpc) is 2.81. The van der Waals surface area contributed by atoms with Crippen molar-refractivity contribution in [3.8, 4) is 0 Å². The minimum absolute atomic E-state index is 0.197. The van der Waals surface area contributed by atoms with Crippen LogP contribution in [0, 0.1) is 0 Å². The van der Waals surface area contributed by atoms with E-state index in [2.05, 4.69) is 20.8 Å². The van der Waals surface area contributed by atoms with Gasteiger partial charge in [0.05, 0.1) is 12.2 Å². The fraction of sp³-hybridized carbons (Fsp3) is 0.423. The van der Waals surface area contributed by atoms with Crippen LogP contribution in [0.5, 0.6) is 0 Å². The van der Waals surface area contributed by atoms with E-state index in [0.717, 1.165) is 23.4 Å². The number of rotatable bonds is 3. The predicted molar refractivity (Wildman–Crippen MR) is 126 cm³/mol. The van der Waals surface area contributed by atoms with E-state index in [-0.39, 0.29) is 17.3 Å². The maximum absolute atomic E-state index is 12.9. The number of amides is 1. The standard InChI is InChI=1S/C26H28F3N3O3/c1-25(2,3)20-16-18-9-14-35-24(34)22(18)23(30-20)32-12-10-31(11-13-32)21(33)8-7-17-5-4-6-19(15-17)26(27,28)29/h4-8,15-16H,9-14H2,1-3H3. The Labute approximate surface area is 202 Å². The molecule has 6 nitrogen and oxygen atoms in total. The summed E-state index contributed by atoms with van der Waals surface area (Å²) in [5, 5.41) is 0. The van der Waals surface area contributed by atoms with E-state index in [1.807, 2.05) is 11.0 Å². The number of halogens is 3. The van der Waals surface area contributed by atoms with Crippen LogP contribution in [-0.2, 0) is 27.5 Å². The van der Waals surface area contributed by atoms with Crippen molar-refractivity contribution in [1.29, 1.82) is 0 Å². The highest BCUT2D eigenvalue weighted by Crippen LogP contribution is 2.32. The lowest BCUT2D eigenvalue weighted by Crippen LogP contribution is -2.49. The Balaban J connectivity index is 1.48. The van der Waals surface area contributed by atoms with Gasteiger partial charge in [-0.25, -0.2) is 9.78 Å². The quantitative estimate of drug-likeness (QED) is 0.472. The molecule has 35 heavy (non-hydrogen) atoms. The number of carbonyl (C=O) groups is 2. The summed E-state index contributed by atoms with van der Waals surface area (Å²) in [5.74, 6) is -0.0691. The molecule has 1 aromatic heterocycles. The zero-order valence-electron chi connectivity index (χ0n) is 20.0. The van der Waals surface area contributed by atoms with Crippen LogP contribution in [0.1, 0.15) is 53.5 Å². The first-order valence-electron chi connectivity index (χ1n) is 11.5. The van der Waals surface area contributed by atoms with Gasteiger partial charge in [-0.05, 0) is 35.4 Å². The molecule has 0 unspecified atom stereocenters. The molecule has 0 aliphatic carbocycles. The molecule has 2 aliphatic heterocycles. The summed E-state index contributed by atoms with van der Waals surface area (Å²) in [6, 6.07) is 6.83. The van der Waals surface area contributed by atoms with Crippen LogP contribution in [0.2, 0.25) is 0 Å². The Bertz CT molecular complexity index is 1160. The third-order valence-electron chi connectivity index (χ3n) is 6.18. The van der Waals surface area contributed by atoms with Gasteiger partial charge in [0.2, 0.25) is 5.91 Å². The molecule has 0 bridgehead atoms. The summed E-state index contributed by atoms with van der Waals surface area (Å²) >= 11 is 0. The lowest BCUT2D eigenvalue weighted by atomic mass is 9.89. The lowest BCUT2D eigenvalue weighted by molar-refractivity contribution is -0.137. The molecule has 0 spiro atoms. The van der Waals surface area contributed by atoms with Gasteiger partial charge in [0.1, 0.15) is 11.4 Å². The molecule has 0 atom stereocenters. The van der Waals surface area contributed by atoms with Gasteiger partial charge in [-0.2, -0.15) is 13.2 Å². The molecule has 1 aromatic carbocycles. The van der Waals surface area contributed by atoms with E-state index in [1.54, 1.807) is 4.90 Å². The largest absolute Gasteiger partial charge is 0.462 e. The number of alkyl halides is 3. The molecule has 186 valence electrons. The van der Waals surface area contributed by atoms with Gasteiger partial charge in [0, 0.05) is 49.8 Å². The van der Waals surface area contributed by atoms with E-state index < -0.39 is 11.7 Å². The maximum atomic E-state index is 12.9. The zero-order valence-corrected chi connectivity index (χ0v) is 20.0. The fourth-order valence-corrected chi connectivity index (χ4v) is 4.17. The predicted octanol–water partition coefficient (Wildman–Crippen LogP) is 4.47. The van der Waals surface area contributed by atoms with Gasteiger partial charge in [-0.1, -0.05) is 32.9 Å². The van der Waals surface area contributed by atoms with E-state index in [1.165, 1.54) is 24.3 Å². The van der Waals surface area contributed by atoms with E-state index in [9.17, 15) is 22.8 Å². The number of pyridine rings is 1. The van der Waals surface area contributed by atoms with Crippen LogP contribution in [0.15, 0.2) is 36.4 Å². The van der Waals surface area contributed by atoms with Crippen molar-refractivity contribution in [2.24, 2.45) is 0 Å². The van der Waals surface area contributed by atoms with Crippen LogP contribution in [-0.4, -0.2) is 54.5 Å². The van der Waals surface area contributed by atoms with Gasteiger partial charge in [-0.15, -0.1) is 0 Å². The lowest BCUT2D eigenvalue weighted by Gasteiger charge is -2.37. The molecule has 0 radical (unpaired) electrons. The van der Waals surface area contributed by atoms with Crippen molar-refractivity contribution >= 4 is 23.8 Å². The summed E-state index contributed by atoms with van der Waals surface area (Å²) in [6.45, 7) is 8.31. The average molecular weight is 488 g/mol. The van der Waals surface area contributed by atoms with Gasteiger partial charge >= 0.3 is 12.1 Å². The first-order chi connectivity index (χ1) is 16.4. The number of hydrogen-bond donors (Lipinski definition) is 0. The highest BCUT2D eigenvalue weighted by atomic mass is 19.4. The van der Waals surface area contributed by atoms with Crippen molar-refractivity contribution < 1.29 is 27.5 Å². The van der Waals surface area contributed by atoms with Gasteiger partial charge in [-0.3, -0.25) is 4.79 Å². The molecule has 4 rings (SSSR count). The Morgan fingerprint density at radius 3 is 2.46 bits per heavy atom. The molecule has 1 amide bonds. The number of benzene rings is 1. The summed E-state index contributed by atoms with van der Waals surface area (Å²) in [7, 11) is 0. The molecule has 2 aromatic rings. The van der Waals surface area contributed by atoms with Crippen LogP contribution in [0.25, 0.3) is 6.08 Å². The van der Waals surface area contributed by atoms with Crippen molar-refractivity contribution in [1.82, 2.24) is 9.88 Å². The second-order valence-electron chi connectivity index (χ2n) is 9.77. The third-order valence-corrected chi connectivity index (χ3v) is 6.18. The number of carbonyl (C=O) groups excluding carboxylic acids is 2. The van der Waals surface area contributed by atoms with Crippen molar-refractivity contribution in [2.75, 3.05) is 37.7 Å². The Morgan fingerprint density at radius 1 is 1.09 bits per heavy atom. The summed E-state index contributed by atoms with van der Waals surface area (Å²) in [6.07, 6.45) is -1.11. The number of piperazine rings is 1. The summed E-state index contributed by atoms with van der Waals surface area (Å²) in [4.78, 5) is 33.7. The van der Waals surface area contributed by atoms with Gasteiger partial charge in [0.25, 0.3) is 0 Å². The fourth-order valence-electron chi connectivity index (χ4n) is 4.17. The minimum Gasteiger partial charge on any atom is -0.462 e. The van der Waals surface area contributed by atoms with Crippen LogP contribution < -0.4 is 4.90 Å². The maximum Gasteiger partial charge on any atom is 0.416 e. The minimum atomic E-state index is -4.44. The van der Waals surface area contributed by atoms with E-state index in [0.29, 0.717) is 56.2 Å². The Hall–Kier alpha value is -3.36. The van der Waals surface area contributed by atoms with Gasteiger partial charge < -0.3 is 14.5 Å². The first-order valence-corrected chi connectivity index (χ1v) is 11.5. The number of aromatic nitrogens is 1. The smallest absolute Gasteiger partial charge is 0.416 e. The molecule has 2 aliphatic rings. The van der Waals surface area contributed by atoms with Crippen LogP contribution in [0.3, 0.4) is 0 Å². The number of nitrogens with zero attached hydrogens (tertiary/aromatic N) is 3. The second kappa shape index (κ2) is 9.36. The molecule has 1 fully saturated rings. The normalized spacial score (nSPS) is 16.9. The number of esters is 1. The highest BCUT2D eigenvalue weighted by molar-refractivity contribution is 5.97. The molecule has 1 saturated heterocycles. The summed E-state index contributed by atoms with van der Waals surface area (Å²) in [5.41, 5.74) is 1.67. The van der Waals surface area contributed by atoms with E-state index >= 15 is 0 Å². The number of hydrogen-bond acceptors (Lipinski definition) is 5. The van der Waals surface area contributed by atoms with Crippen LogP contribution >= 0.6 is 0 Å². The molecular formula is C26H28F3N3O3. The Morgan fingerprint density at radius 2 is 1.80 bits per heavy atom. The summed E-state index contributed by atoms with van der Waals surface area (Å²) < 4.78 is 44.0. The monoisotopic (exact) mass is 487 g/mol. The van der Waals surface area contributed by atoms with E-state index in [4.69, 9.17) is 9.72 Å². The molecule has 0 saturated carbocycles. The Kier molecular flexibility index (Phi) is 6.62. The van der Waals surface area contributed by atoms with Crippen molar-refractivity contribution in [3.05, 3.63) is 64.4 Å². The number of cyclic esters (lactones) is 1.